The standard InChI is InChI=1S/C43H34N4O5S2/c1-51-33-22-21-31(38(25-33)52-2)23-37(46-40(48)30-17-10-5-11-18-30)41(49)45-32-19-12-20-34(24-32)54-39(29-15-8-4-9-16-29)42(50)47-43-35(26-44)36(27-53-43)28-13-6-3-7-14-28/h3-25,27,39H,1-2H3,(H,45,49)(H,46,48)(H,47,50)/b37-23+. The maximum atomic E-state index is 14.0. The van der Waals surface area contributed by atoms with E-state index in [0.717, 1.165) is 16.7 Å². The van der Waals surface area contributed by atoms with Crippen molar-refractivity contribution in [3.8, 4) is 28.7 Å². The Bertz CT molecular complexity index is 2340. The van der Waals surface area contributed by atoms with Crippen molar-refractivity contribution in [1.82, 2.24) is 5.32 Å². The lowest BCUT2D eigenvalue weighted by Gasteiger charge is -2.18. The molecule has 0 radical (unpaired) electrons. The number of ether oxygens (including phenoxy) is 2. The van der Waals surface area contributed by atoms with Gasteiger partial charge >= 0.3 is 0 Å². The van der Waals surface area contributed by atoms with E-state index in [1.54, 1.807) is 73.8 Å². The van der Waals surface area contributed by atoms with E-state index in [1.807, 2.05) is 72.1 Å². The van der Waals surface area contributed by atoms with Crippen LogP contribution in [0.4, 0.5) is 10.7 Å². The average molecular weight is 751 g/mol. The monoisotopic (exact) mass is 750 g/mol. The van der Waals surface area contributed by atoms with Crippen LogP contribution in [-0.4, -0.2) is 31.9 Å². The molecule has 0 fully saturated rings. The zero-order chi connectivity index (χ0) is 37.9. The molecule has 1 atom stereocenters. The molecule has 0 bridgehead atoms. The summed E-state index contributed by atoms with van der Waals surface area (Å²) in [6.07, 6.45) is 1.53. The van der Waals surface area contributed by atoms with Crippen LogP contribution >= 0.6 is 23.1 Å². The highest BCUT2D eigenvalue weighted by atomic mass is 32.2. The average Bonchev–Trinajstić information content (AvgIpc) is 3.63. The van der Waals surface area contributed by atoms with Crippen LogP contribution in [0.3, 0.4) is 0 Å². The van der Waals surface area contributed by atoms with Crippen molar-refractivity contribution in [2.45, 2.75) is 10.1 Å². The highest BCUT2D eigenvalue weighted by Gasteiger charge is 2.25. The topological polar surface area (TPSA) is 130 Å². The molecule has 0 spiro atoms. The molecule has 0 saturated heterocycles. The van der Waals surface area contributed by atoms with Gasteiger partial charge in [-0.3, -0.25) is 14.4 Å². The van der Waals surface area contributed by atoms with Gasteiger partial charge in [0, 0.05) is 38.7 Å². The van der Waals surface area contributed by atoms with Crippen LogP contribution in [0.15, 0.2) is 149 Å². The number of methoxy groups -OCH3 is 2. The van der Waals surface area contributed by atoms with Gasteiger partial charge in [-0.1, -0.05) is 84.9 Å². The number of carbonyl (C=O) groups excluding carboxylic acids is 3. The third kappa shape index (κ3) is 9.05. The second-order valence-corrected chi connectivity index (χ2v) is 13.8. The molecule has 3 amide bonds. The highest BCUT2D eigenvalue weighted by molar-refractivity contribution is 8.00. The lowest BCUT2D eigenvalue weighted by Crippen LogP contribution is -2.30. The Morgan fingerprint density at radius 3 is 2.19 bits per heavy atom. The fourth-order valence-electron chi connectivity index (χ4n) is 5.49. The Hall–Kier alpha value is -6.61. The van der Waals surface area contributed by atoms with Crippen molar-refractivity contribution < 1.29 is 23.9 Å². The number of hydrogen-bond acceptors (Lipinski definition) is 8. The first-order chi connectivity index (χ1) is 26.4. The summed E-state index contributed by atoms with van der Waals surface area (Å²) in [5, 5.41) is 20.4. The lowest BCUT2D eigenvalue weighted by molar-refractivity contribution is -0.116. The molecule has 54 heavy (non-hydrogen) atoms. The van der Waals surface area contributed by atoms with Crippen molar-refractivity contribution in [2.24, 2.45) is 0 Å². The second-order valence-electron chi connectivity index (χ2n) is 11.7. The summed E-state index contributed by atoms with van der Waals surface area (Å²) in [4.78, 5) is 41.8. The molecule has 268 valence electrons. The van der Waals surface area contributed by atoms with Crippen molar-refractivity contribution in [3.63, 3.8) is 0 Å². The summed E-state index contributed by atoms with van der Waals surface area (Å²) in [7, 11) is 3.05. The molecule has 0 aliphatic heterocycles. The normalized spacial score (nSPS) is 11.5. The van der Waals surface area contributed by atoms with E-state index in [0.29, 0.717) is 43.8 Å². The van der Waals surface area contributed by atoms with Crippen LogP contribution in [0.1, 0.15) is 32.3 Å². The maximum Gasteiger partial charge on any atom is 0.272 e. The third-order valence-corrected chi connectivity index (χ3v) is 10.3. The molecule has 0 saturated carbocycles. The highest BCUT2D eigenvalue weighted by Crippen LogP contribution is 2.40. The molecule has 5 aromatic carbocycles. The number of nitrogens with zero attached hydrogens (tertiary/aromatic N) is 1. The number of thiophene rings is 1. The van der Waals surface area contributed by atoms with Gasteiger partial charge < -0.3 is 25.4 Å². The van der Waals surface area contributed by atoms with Crippen LogP contribution < -0.4 is 25.4 Å². The molecule has 6 aromatic rings. The second kappa shape index (κ2) is 17.7. The number of amides is 3. The largest absolute Gasteiger partial charge is 0.497 e. The summed E-state index contributed by atoms with van der Waals surface area (Å²) < 4.78 is 10.9. The SMILES string of the molecule is COc1ccc(/C=C(/NC(=O)c2ccccc2)C(=O)Nc2cccc(SC(C(=O)Nc3scc(-c4ccccc4)c3C#N)c3ccccc3)c2)c(OC)c1. The van der Waals surface area contributed by atoms with Gasteiger partial charge in [0.05, 0.1) is 19.8 Å². The van der Waals surface area contributed by atoms with Gasteiger partial charge in [-0.2, -0.15) is 5.26 Å². The molecular formula is C43H34N4O5S2. The molecule has 9 nitrogen and oxygen atoms in total. The molecule has 11 heteroatoms. The Morgan fingerprint density at radius 2 is 1.50 bits per heavy atom. The van der Waals surface area contributed by atoms with E-state index in [2.05, 4.69) is 22.0 Å². The predicted molar refractivity (Wildman–Crippen MR) is 215 cm³/mol. The Morgan fingerprint density at radius 1 is 0.796 bits per heavy atom. The van der Waals surface area contributed by atoms with E-state index >= 15 is 0 Å². The van der Waals surface area contributed by atoms with Gasteiger partial charge in [-0.25, -0.2) is 0 Å². The number of rotatable bonds is 13. The zero-order valence-electron chi connectivity index (χ0n) is 29.2. The van der Waals surface area contributed by atoms with Crippen molar-refractivity contribution in [2.75, 3.05) is 24.9 Å². The van der Waals surface area contributed by atoms with Crippen molar-refractivity contribution >= 4 is 57.6 Å². The smallest absolute Gasteiger partial charge is 0.272 e. The van der Waals surface area contributed by atoms with E-state index in [1.165, 1.54) is 36.3 Å². The van der Waals surface area contributed by atoms with E-state index in [4.69, 9.17) is 9.47 Å². The minimum atomic E-state index is -0.700. The lowest BCUT2D eigenvalue weighted by atomic mass is 10.1. The molecule has 1 heterocycles. The van der Waals surface area contributed by atoms with Crippen LogP contribution in [0.5, 0.6) is 11.5 Å². The van der Waals surface area contributed by atoms with Gasteiger partial charge in [-0.15, -0.1) is 23.1 Å². The van der Waals surface area contributed by atoms with Gasteiger partial charge in [-0.05, 0) is 59.7 Å². The summed E-state index contributed by atoms with van der Waals surface area (Å²) >= 11 is 2.60. The number of benzene rings is 5. The van der Waals surface area contributed by atoms with Crippen LogP contribution in [-0.2, 0) is 9.59 Å². The summed E-state index contributed by atoms with van der Waals surface area (Å²) in [5.74, 6) is -0.337. The zero-order valence-corrected chi connectivity index (χ0v) is 30.9. The third-order valence-electron chi connectivity index (χ3n) is 8.18. The van der Waals surface area contributed by atoms with Gasteiger partial charge in [0.25, 0.3) is 11.8 Å². The first-order valence-electron chi connectivity index (χ1n) is 16.7. The Labute approximate surface area is 321 Å². The number of nitrogens with one attached hydrogen (secondary N) is 3. The molecule has 1 unspecified atom stereocenters. The fourth-order valence-corrected chi connectivity index (χ4v) is 7.49. The van der Waals surface area contributed by atoms with E-state index < -0.39 is 17.1 Å². The van der Waals surface area contributed by atoms with E-state index in [9.17, 15) is 19.6 Å². The van der Waals surface area contributed by atoms with Crippen molar-refractivity contribution in [1.29, 1.82) is 5.26 Å². The number of nitriles is 1. The molecule has 1 aromatic heterocycles. The Kier molecular flexibility index (Phi) is 12.2. The number of hydrogen-bond donors (Lipinski definition) is 3. The number of anilines is 2. The van der Waals surface area contributed by atoms with Crippen LogP contribution in [0, 0.1) is 11.3 Å². The predicted octanol–water partition coefficient (Wildman–Crippen LogP) is 9.19. The molecule has 0 aliphatic carbocycles. The first kappa shape index (κ1) is 37.2. The van der Waals surface area contributed by atoms with Crippen molar-refractivity contribution in [3.05, 3.63) is 167 Å². The molecule has 0 aliphatic rings. The minimum Gasteiger partial charge on any atom is -0.497 e. The van der Waals surface area contributed by atoms with Crippen LogP contribution in [0.2, 0.25) is 0 Å². The molecule has 3 N–H and O–H groups in total. The number of thioether (sulfide) groups is 1. The first-order valence-corrected chi connectivity index (χ1v) is 18.4. The summed E-state index contributed by atoms with van der Waals surface area (Å²) in [5.41, 5.74) is 4.14. The summed E-state index contributed by atoms with van der Waals surface area (Å²) in [6.45, 7) is 0. The Balaban J connectivity index is 1.26. The minimum absolute atomic E-state index is 0.0222. The van der Waals surface area contributed by atoms with Gasteiger partial charge in [0.15, 0.2) is 0 Å². The van der Waals surface area contributed by atoms with E-state index in [-0.39, 0.29) is 11.6 Å². The van der Waals surface area contributed by atoms with Crippen LogP contribution in [0.25, 0.3) is 17.2 Å². The van der Waals surface area contributed by atoms with Gasteiger partial charge in [0.1, 0.15) is 33.5 Å². The quantitative estimate of drug-likeness (QED) is 0.0793. The number of carbonyl (C=O) groups is 3. The molecular weight excluding hydrogens is 717 g/mol. The molecule has 6 rings (SSSR count). The summed E-state index contributed by atoms with van der Waals surface area (Å²) in [6, 6.07) is 42.0. The fraction of sp³-hybridized carbons (Fsp3) is 0.0698. The van der Waals surface area contributed by atoms with Gasteiger partial charge in [0.2, 0.25) is 5.91 Å². The maximum absolute atomic E-state index is 14.0.